The van der Waals surface area contributed by atoms with Gasteiger partial charge in [0.25, 0.3) is 0 Å². The first-order chi connectivity index (χ1) is 12.1. The Kier molecular flexibility index (Phi) is 5.09. The number of carbonyl (C=O) groups excluding carboxylic acids is 2. The molecule has 0 saturated carbocycles. The lowest BCUT2D eigenvalue weighted by molar-refractivity contribution is -0.121. The molecule has 0 bridgehead atoms. The molecule has 2 N–H and O–H groups in total. The van der Waals surface area contributed by atoms with Crippen LogP contribution in [0.5, 0.6) is 0 Å². The maximum Gasteiger partial charge on any atom is 0.240 e. The van der Waals surface area contributed by atoms with Crippen LogP contribution in [0.4, 0.5) is 0 Å². The van der Waals surface area contributed by atoms with E-state index in [1.807, 2.05) is 59.2 Å². The van der Waals surface area contributed by atoms with E-state index in [1.54, 1.807) is 0 Å². The molecule has 0 spiro atoms. The molecule has 0 saturated heterocycles. The van der Waals surface area contributed by atoms with Gasteiger partial charge in [0.1, 0.15) is 12.4 Å². The molecule has 2 aromatic carbocycles. The highest BCUT2D eigenvalue weighted by Gasteiger charge is 2.13. The molecular weight excluding hydrogens is 316 g/mol. The van der Waals surface area contributed by atoms with E-state index in [0.717, 1.165) is 16.6 Å². The molecule has 6 heteroatoms. The van der Waals surface area contributed by atoms with Crippen LogP contribution >= 0.6 is 0 Å². The molecule has 3 aromatic rings. The topological polar surface area (TPSA) is 76.0 Å². The molecule has 1 heterocycles. The van der Waals surface area contributed by atoms with Crippen LogP contribution in [0.1, 0.15) is 18.3 Å². The Balaban J connectivity index is 1.75. The molecule has 0 fully saturated rings. The molecule has 3 rings (SSSR count). The zero-order chi connectivity index (χ0) is 17.6. The quantitative estimate of drug-likeness (QED) is 0.723. The SMILES string of the molecule is CC(=O)NCc1nc2ccccc2n1CC(=O)NCc1ccccc1. The van der Waals surface area contributed by atoms with Gasteiger partial charge in [-0.05, 0) is 17.7 Å². The minimum absolute atomic E-state index is 0.101. The fraction of sp³-hybridized carbons (Fsp3) is 0.211. The molecule has 0 aliphatic rings. The second-order valence-electron chi connectivity index (χ2n) is 5.77. The van der Waals surface area contributed by atoms with Gasteiger partial charge in [-0.3, -0.25) is 9.59 Å². The fourth-order valence-electron chi connectivity index (χ4n) is 2.64. The van der Waals surface area contributed by atoms with Crippen molar-refractivity contribution in [1.29, 1.82) is 0 Å². The highest BCUT2D eigenvalue weighted by molar-refractivity contribution is 5.81. The lowest BCUT2D eigenvalue weighted by atomic mass is 10.2. The second kappa shape index (κ2) is 7.61. The average molecular weight is 336 g/mol. The summed E-state index contributed by atoms with van der Waals surface area (Å²) in [5.41, 5.74) is 2.72. The van der Waals surface area contributed by atoms with Crippen molar-refractivity contribution >= 4 is 22.8 Å². The molecule has 128 valence electrons. The van der Waals surface area contributed by atoms with Gasteiger partial charge in [0.2, 0.25) is 11.8 Å². The van der Waals surface area contributed by atoms with Crippen LogP contribution in [-0.2, 0) is 29.2 Å². The summed E-state index contributed by atoms with van der Waals surface area (Å²) < 4.78 is 1.84. The number of rotatable bonds is 6. The van der Waals surface area contributed by atoms with Gasteiger partial charge in [-0.1, -0.05) is 42.5 Å². The van der Waals surface area contributed by atoms with Crippen molar-refractivity contribution in [1.82, 2.24) is 20.2 Å². The average Bonchev–Trinajstić information content (AvgIpc) is 2.97. The molecule has 0 atom stereocenters. The molecule has 2 amide bonds. The molecule has 1 aromatic heterocycles. The minimum atomic E-state index is -0.132. The maximum absolute atomic E-state index is 12.4. The molecule has 0 unspecified atom stereocenters. The van der Waals surface area contributed by atoms with Gasteiger partial charge in [0, 0.05) is 13.5 Å². The minimum Gasteiger partial charge on any atom is -0.350 e. The number of carbonyl (C=O) groups is 2. The first-order valence-electron chi connectivity index (χ1n) is 8.12. The molecule has 0 radical (unpaired) electrons. The normalized spacial score (nSPS) is 10.6. The number of amides is 2. The summed E-state index contributed by atoms with van der Waals surface area (Å²) >= 11 is 0. The van der Waals surface area contributed by atoms with Gasteiger partial charge in [0.15, 0.2) is 0 Å². The smallest absolute Gasteiger partial charge is 0.240 e. The highest BCUT2D eigenvalue weighted by atomic mass is 16.2. The van der Waals surface area contributed by atoms with E-state index in [2.05, 4.69) is 15.6 Å². The fourth-order valence-corrected chi connectivity index (χ4v) is 2.64. The van der Waals surface area contributed by atoms with Crippen LogP contribution in [-0.4, -0.2) is 21.4 Å². The van der Waals surface area contributed by atoms with E-state index >= 15 is 0 Å². The van der Waals surface area contributed by atoms with E-state index < -0.39 is 0 Å². The van der Waals surface area contributed by atoms with Crippen molar-refractivity contribution in [3.63, 3.8) is 0 Å². The van der Waals surface area contributed by atoms with Crippen molar-refractivity contribution in [2.45, 2.75) is 26.6 Å². The Bertz CT molecular complexity index is 887. The summed E-state index contributed by atoms with van der Waals surface area (Å²) in [6.45, 7) is 2.38. The molecule has 0 aliphatic heterocycles. The van der Waals surface area contributed by atoms with Gasteiger partial charge in [-0.2, -0.15) is 0 Å². The van der Waals surface area contributed by atoms with Crippen molar-refractivity contribution in [3.8, 4) is 0 Å². The van der Waals surface area contributed by atoms with Gasteiger partial charge in [0.05, 0.1) is 17.6 Å². The van der Waals surface area contributed by atoms with Crippen molar-refractivity contribution < 1.29 is 9.59 Å². The summed E-state index contributed by atoms with van der Waals surface area (Å²) in [6.07, 6.45) is 0. The van der Waals surface area contributed by atoms with E-state index in [0.29, 0.717) is 12.4 Å². The Morgan fingerprint density at radius 2 is 1.68 bits per heavy atom. The standard InChI is InChI=1S/C19H20N4O2/c1-14(24)20-12-18-22-16-9-5-6-10-17(16)23(18)13-19(25)21-11-15-7-3-2-4-8-15/h2-10H,11-13H2,1H3,(H,20,24)(H,21,25). The first kappa shape index (κ1) is 16.7. The number of nitrogens with zero attached hydrogens (tertiary/aromatic N) is 2. The van der Waals surface area contributed by atoms with E-state index in [-0.39, 0.29) is 24.9 Å². The van der Waals surface area contributed by atoms with Gasteiger partial charge < -0.3 is 15.2 Å². The summed E-state index contributed by atoms with van der Waals surface area (Å²) in [4.78, 5) is 28.1. The van der Waals surface area contributed by atoms with Crippen molar-refractivity contribution in [2.75, 3.05) is 0 Å². The first-order valence-corrected chi connectivity index (χ1v) is 8.12. The van der Waals surface area contributed by atoms with Crippen LogP contribution < -0.4 is 10.6 Å². The zero-order valence-electron chi connectivity index (χ0n) is 14.0. The van der Waals surface area contributed by atoms with Gasteiger partial charge in [-0.15, -0.1) is 0 Å². The van der Waals surface area contributed by atoms with E-state index in [4.69, 9.17) is 0 Å². The van der Waals surface area contributed by atoms with Crippen LogP contribution in [0.15, 0.2) is 54.6 Å². The Labute approximate surface area is 145 Å². The Morgan fingerprint density at radius 3 is 2.44 bits per heavy atom. The van der Waals surface area contributed by atoms with Crippen LogP contribution in [0.2, 0.25) is 0 Å². The Hall–Kier alpha value is -3.15. The van der Waals surface area contributed by atoms with Crippen molar-refractivity contribution in [3.05, 3.63) is 66.0 Å². The molecular formula is C19H20N4O2. The number of hydrogen-bond acceptors (Lipinski definition) is 3. The largest absolute Gasteiger partial charge is 0.350 e. The second-order valence-corrected chi connectivity index (χ2v) is 5.77. The molecule has 6 nitrogen and oxygen atoms in total. The number of benzene rings is 2. The van der Waals surface area contributed by atoms with Crippen molar-refractivity contribution in [2.24, 2.45) is 0 Å². The number of fused-ring (bicyclic) bond motifs is 1. The number of nitrogens with one attached hydrogen (secondary N) is 2. The van der Waals surface area contributed by atoms with Crippen LogP contribution in [0, 0.1) is 0 Å². The van der Waals surface area contributed by atoms with E-state index in [9.17, 15) is 9.59 Å². The van der Waals surface area contributed by atoms with Gasteiger partial charge in [-0.25, -0.2) is 4.98 Å². The number of hydrogen-bond donors (Lipinski definition) is 2. The third kappa shape index (κ3) is 4.23. The number of aromatic nitrogens is 2. The summed E-state index contributed by atoms with van der Waals surface area (Å²) in [6, 6.07) is 17.4. The lowest BCUT2D eigenvalue weighted by Gasteiger charge is -2.10. The third-order valence-corrected chi connectivity index (χ3v) is 3.86. The van der Waals surface area contributed by atoms with Crippen LogP contribution in [0.25, 0.3) is 11.0 Å². The molecule has 0 aliphatic carbocycles. The van der Waals surface area contributed by atoms with E-state index in [1.165, 1.54) is 6.92 Å². The van der Waals surface area contributed by atoms with Crippen LogP contribution in [0.3, 0.4) is 0 Å². The molecule has 25 heavy (non-hydrogen) atoms. The predicted molar refractivity (Wildman–Crippen MR) is 95.5 cm³/mol. The number of para-hydroxylation sites is 2. The van der Waals surface area contributed by atoms with Gasteiger partial charge >= 0.3 is 0 Å². The zero-order valence-corrected chi connectivity index (χ0v) is 14.0. The lowest BCUT2D eigenvalue weighted by Crippen LogP contribution is -2.29. The number of imidazole rings is 1. The predicted octanol–water partition coefficient (Wildman–Crippen LogP) is 1.99. The Morgan fingerprint density at radius 1 is 0.960 bits per heavy atom. The monoisotopic (exact) mass is 336 g/mol. The summed E-state index contributed by atoms with van der Waals surface area (Å²) in [7, 11) is 0. The summed E-state index contributed by atoms with van der Waals surface area (Å²) in [5, 5.41) is 5.66. The highest BCUT2D eigenvalue weighted by Crippen LogP contribution is 2.16. The maximum atomic E-state index is 12.4. The summed E-state index contributed by atoms with van der Waals surface area (Å²) in [5.74, 6) is 0.425. The third-order valence-electron chi connectivity index (χ3n) is 3.86.